The number of aliphatic carboxylic acids is 2. The van der Waals surface area contributed by atoms with Crippen molar-refractivity contribution in [1.29, 1.82) is 0 Å². The molecular formula is C18H34NO5+. The van der Waals surface area contributed by atoms with E-state index < -0.39 is 11.9 Å². The second-order valence-electron chi connectivity index (χ2n) is 6.34. The molecule has 0 saturated heterocycles. The predicted molar refractivity (Wildman–Crippen MR) is 93.6 cm³/mol. The normalized spacial score (nSPS) is 11.9. The Kier molecular flexibility index (Phi) is 13.2. The quantitative estimate of drug-likeness (QED) is 0.295. The summed E-state index contributed by atoms with van der Waals surface area (Å²) >= 11 is 0. The first kappa shape index (κ1) is 22.6. The molecule has 0 radical (unpaired) electrons. The van der Waals surface area contributed by atoms with Crippen LogP contribution in [0, 0.1) is 0 Å². The lowest BCUT2D eigenvalue weighted by Crippen LogP contribution is -2.46. The third-order valence-electron chi connectivity index (χ3n) is 4.18. The molecule has 0 atom stereocenters. The third-order valence-corrected chi connectivity index (χ3v) is 4.18. The zero-order valence-corrected chi connectivity index (χ0v) is 15.0. The monoisotopic (exact) mass is 344 g/mol. The van der Waals surface area contributed by atoms with Gasteiger partial charge in [-0.1, -0.05) is 26.2 Å². The van der Waals surface area contributed by atoms with Crippen LogP contribution in [0.15, 0.2) is 12.3 Å². The minimum Gasteiger partial charge on any atom is -0.481 e. The van der Waals surface area contributed by atoms with Crippen LogP contribution in [0.1, 0.15) is 64.7 Å². The van der Waals surface area contributed by atoms with E-state index in [4.69, 9.17) is 10.2 Å². The number of hydrogen-bond donors (Lipinski definition) is 3. The number of hydrogen-bond acceptors (Lipinski definition) is 3. The highest BCUT2D eigenvalue weighted by molar-refractivity contribution is 5.66. The van der Waals surface area contributed by atoms with Crippen molar-refractivity contribution >= 4 is 11.9 Å². The second-order valence-corrected chi connectivity index (χ2v) is 6.34. The van der Waals surface area contributed by atoms with Crippen LogP contribution in [-0.4, -0.2) is 58.0 Å². The Morgan fingerprint density at radius 3 is 1.92 bits per heavy atom. The molecule has 6 nitrogen and oxygen atoms in total. The van der Waals surface area contributed by atoms with Crippen LogP contribution in [0.2, 0.25) is 0 Å². The molecule has 0 aliphatic carbocycles. The maximum Gasteiger partial charge on any atom is 0.303 e. The SMILES string of the molecule is CCCCCC/C=C/[N+](CCO)(CCCC(=O)O)CCCC(=O)O. The van der Waals surface area contributed by atoms with Crippen LogP contribution in [0.3, 0.4) is 0 Å². The molecule has 0 fully saturated rings. The Bertz CT molecular complexity index is 362. The Labute approximate surface area is 145 Å². The van der Waals surface area contributed by atoms with E-state index >= 15 is 0 Å². The highest BCUT2D eigenvalue weighted by Gasteiger charge is 2.24. The van der Waals surface area contributed by atoms with E-state index in [2.05, 4.69) is 13.0 Å². The molecule has 3 N–H and O–H groups in total. The van der Waals surface area contributed by atoms with Gasteiger partial charge in [0.15, 0.2) is 0 Å². The van der Waals surface area contributed by atoms with Gasteiger partial charge in [0.05, 0.1) is 38.7 Å². The summed E-state index contributed by atoms with van der Waals surface area (Å²) in [5.41, 5.74) is 0. The largest absolute Gasteiger partial charge is 0.481 e. The van der Waals surface area contributed by atoms with Gasteiger partial charge >= 0.3 is 11.9 Å². The molecule has 0 amide bonds. The standard InChI is InChI=1S/C18H33NO5/c1-2-3-4-5-6-7-12-19(15-16-20,13-8-10-17(21)22)14-9-11-18(23)24/h7,12,20H,2-6,8-11,13-16H2,1H3,(H-,21,22,23,24)/p+1/b12-7+. The first-order chi connectivity index (χ1) is 11.5. The van der Waals surface area contributed by atoms with Crippen molar-refractivity contribution in [2.45, 2.75) is 64.7 Å². The molecule has 0 aromatic rings. The topological polar surface area (TPSA) is 94.8 Å². The van der Waals surface area contributed by atoms with Crippen molar-refractivity contribution in [3.63, 3.8) is 0 Å². The Morgan fingerprint density at radius 1 is 0.875 bits per heavy atom. The first-order valence-electron chi connectivity index (χ1n) is 9.03. The summed E-state index contributed by atoms with van der Waals surface area (Å²) < 4.78 is 0.463. The van der Waals surface area contributed by atoms with Crippen molar-refractivity contribution in [2.75, 3.05) is 26.2 Å². The van der Waals surface area contributed by atoms with Crippen LogP contribution in [0.25, 0.3) is 0 Å². The van der Waals surface area contributed by atoms with E-state index in [1.54, 1.807) is 0 Å². The molecule has 0 unspecified atom stereocenters. The fourth-order valence-corrected chi connectivity index (χ4v) is 2.84. The Hall–Kier alpha value is -1.40. The number of allylic oxidation sites excluding steroid dienone is 1. The number of carbonyl (C=O) groups is 2. The van der Waals surface area contributed by atoms with E-state index in [1.807, 2.05) is 6.20 Å². The lowest BCUT2D eigenvalue weighted by Gasteiger charge is -2.34. The van der Waals surface area contributed by atoms with Gasteiger partial charge in [-0.3, -0.25) is 14.1 Å². The minimum absolute atomic E-state index is 0.000315. The molecule has 6 heteroatoms. The third kappa shape index (κ3) is 12.1. The summed E-state index contributed by atoms with van der Waals surface area (Å²) in [6.07, 6.45) is 11.1. The summed E-state index contributed by atoms with van der Waals surface area (Å²) in [5.74, 6) is -1.66. The number of carboxylic acids is 2. The molecule has 0 aliphatic rings. The van der Waals surface area contributed by atoms with E-state index in [1.165, 1.54) is 19.3 Å². The average Bonchev–Trinajstić information content (AvgIpc) is 2.50. The van der Waals surface area contributed by atoms with Crippen molar-refractivity contribution in [3.8, 4) is 0 Å². The fourth-order valence-electron chi connectivity index (χ4n) is 2.84. The molecule has 0 aromatic carbocycles. The van der Waals surface area contributed by atoms with Crippen molar-refractivity contribution in [3.05, 3.63) is 12.3 Å². The molecule has 0 bridgehead atoms. The zero-order valence-electron chi connectivity index (χ0n) is 15.0. The van der Waals surface area contributed by atoms with Gasteiger partial charge in [0.1, 0.15) is 6.54 Å². The number of nitrogens with zero attached hydrogens (tertiary/aromatic N) is 1. The molecule has 24 heavy (non-hydrogen) atoms. The van der Waals surface area contributed by atoms with Gasteiger partial charge in [-0.25, -0.2) is 0 Å². The minimum atomic E-state index is -0.828. The molecule has 0 saturated carbocycles. The average molecular weight is 344 g/mol. The van der Waals surface area contributed by atoms with E-state index in [0.29, 0.717) is 37.0 Å². The number of aliphatic hydroxyl groups excluding tert-OH is 1. The Balaban J connectivity index is 4.72. The van der Waals surface area contributed by atoms with Crippen LogP contribution in [-0.2, 0) is 9.59 Å². The summed E-state index contributed by atoms with van der Waals surface area (Å²) in [4.78, 5) is 21.5. The molecule has 140 valence electrons. The molecule has 0 rings (SSSR count). The van der Waals surface area contributed by atoms with Gasteiger partial charge in [0.25, 0.3) is 0 Å². The highest BCUT2D eigenvalue weighted by Crippen LogP contribution is 2.15. The number of unbranched alkanes of at least 4 members (excludes halogenated alkanes) is 4. The summed E-state index contributed by atoms with van der Waals surface area (Å²) in [6.45, 7) is 3.88. The molecule has 0 heterocycles. The number of carboxylic acid groups (broad SMARTS) is 2. The lowest BCUT2D eigenvalue weighted by molar-refractivity contribution is -0.880. The summed E-state index contributed by atoms with van der Waals surface area (Å²) in [7, 11) is 0. The summed E-state index contributed by atoms with van der Waals surface area (Å²) in [5, 5.41) is 27.1. The van der Waals surface area contributed by atoms with Gasteiger partial charge in [0.2, 0.25) is 0 Å². The number of quaternary nitrogens is 1. The number of aliphatic hydroxyl groups is 1. The Morgan fingerprint density at radius 2 is 1.46 bits per heavy atom. The van der Waals surface area contributed by atoms with Crippen LogP contribution >= 0.6 is 0 Å². The predicted octanol–water partition coefficient (Wildman–Crippen LogP) is 3.01. The molecule has 0 aromatic heterocycles. The van der Waals surface area contributed by atoms with Gasteiger partial charge in [-0.05, 0) is 18.9 Å². The number of rotatable bonds is 16. The van der Waals surface area contributed by atoms with Gasteiger partial charge in [-0.15, -0.1) is 0 Å². The van der Waals surface area contributed by atoms with Crippen LogP contribution < -0.4 is 0 Å². The van der Waals surface area contributed by atoms with Gasteiger partial charge in [-0.2, -0.15) is 0 Å². The zero-order chi connectivity index (χ0) is 18.3. The van der Waals surface area contributed by atoms with Gasteiger partial charge in [0, 0.05) is 12.8 Å². The second kappa shape index (κ2) is 14.0. The maximum absolute atomic E-state index is 10.8. The van der Waals surface area contributed by atoms with E-state index in [0.717, 1.165) is 12.8 Å². The van der Waals surface area contributed by atoms with E-state index in [9.17, 15) is 14.7 Å². The highest BCUT2D eigenvalue weighted by atomic mass is 16.4. The van der Waals surface area contributed by atoms with Crippen molar-refractivity contribution in [1.82, 2.24) is 0 Å². The van der Waals surface area contributed by atoms with Crippen molar-refractivity contribution in [2.24, 2.45) is 0 Å². The van der Waals surface area contributed by atoms with Gasteiger partial charge < -0.3 is 15.3 Å². The molecular weight excluding hydrogens is 310 g/mol. The van der Waals surface area contributed by atoms with Crippen LogP contribution in [0.4, 0.5) is 0 Å². The first-order valence-corrected chi connectivity index (χ1v) is 9.03. The maximum atomic E-state index is 10.8. The molecule has 0 aliphatic heterocycles. The molecule has 0 spiro atoms. The van der Waals surface area contributed by atoms with Crippen molar-refractivity contribution < 1.29 is 29.4 Å². The summed E-state index contributed by atoms with van der Waals surface area (Å²) in [6, 6.07) is 0. The fraction of sp³-hybridized carbons (Fsp3) is 0.778. The van der Waals surface area contributed by atoms with Crippen LogP contribution in [0.5, 0.6) is 0 Å². The van der Waals surface area contributed by atoms with E-state index in [-0.39, 0.29) is 19.4 Å². The lowest BCUT2D eigenvalue weighted by atomic mass is 10.1. The smallest absolute Gasteiger partial charge is 0.303 e.